The zero-order chi connectivity index (χ0) is 16.7. The summed E-state index contributed by atoms with van der Waals surface area (Å²) in [6.45, 7) is 4.94. The minimum absolute atomic E-state index is 0.200. The number of anilines is 1. The van der Waals surface area contributed by atoms with Gasteiger partial charge in [-0.2, -0.15) is 0 Å². The standard InChI is InChI=1S/C17H21FN4O/c1-3-4-9-19-17(23)15-10-16(22-12(2)21-15)20-11-13-5-7-14(18)8-6-13/h5-8,10H,3-4,9,11H2,1-2H3,(H,19,23)(H,20,21,22). The predicted molar refractivity (Wildman–Crippen MR) is 87.7 cm³/mol. The lowest BCUT2D eigenvalue weighted by Crippen LogP contribution is -2.25. The highest BCUT2D eigenvalue weighted by atomic mass is 19.1. The lowest BCUT2D eigenvalue weighted by Gasteiger charge is -2.09. The minimum atomic E-state index is -0.266. The summed E-state index contributed by atoms with van der Waals surface area (Å²) in [5, 5.41) is 5.97. The van der Waals surface area contributed by atoms with Crippen LogP contribution in [0.3, 0.4) is 0 Å². The Kier molecular flexibility index (Phi) is 6.02. The van der Waals surface area contributed by atoms with Crippen LogP contribution in [0.5, 0.6) is 0 Å². The molecular formula is C17H21FN4O. The van der Waals surface area contributed by atoms with E-state index < -0.39 is 0 Å². The number of unbranched alkanes of at least 4 members (excludes halogenated alkanes) is 1. The van der Waals surface area contributed by atoms with Crippen molar-refractivity contribution in [2.24, 2.45) is 0 Å². The van der Waals surface area contributed by atoms with Crippen LogP contribution >= 0.6 is 0 Å². The van der Waals surface area contributed by atoms with Crippen LogP contribution in [0.4, 0.5) is 10.2 Å². The number of amides is 1. The Hall–Kier alpha value is -2.50. The molecule has 1 aromatic carbocycles. The van der Waals surface area contributed by atoms with E-state index in [9.17, 15) is 9.18 Å². The van der Waals surface area contributed by atoms with Crippen molar-refractivity contribution in [3.63, 3.8) is 0 Å². The van der Waals surface area contributed by atoms with E-state index in [0.29, 0.717) is 30.4 Å². The molecule has 6 heteroatoms. The second-order valence-corrected chi connectivity index (χ2v) is 5.28. The van der Waals surface area contributed by atoms with E-state index in [1.807, 2.05) is 0 Å². The highest BCUT2D eigenvalue weighted by Crippen LogP contribution is 2.10. The first-order chi connectivity index (χ1) is 11.1. The Labute approximate surface area is 135 Å². The first kappa shape index (κ1) is 16.9. The molecule has 1 amide bonds. The van der Waals surface area contributed by atoms with E-state index in [-0.39, 0.29) is 11.7 Å². The lowest BCUT2D eigenvalue weighted by atomic mass is 10.2. The normalized spacial score (nSPS) is 10.4. The molecule has 1 aromatic heterocycles. The average molecular weight is 316 g/mol. The quantitative estimate of drug-likeness (QED) is 0.770. The van der Waals surface area contributed by atoms with Crippen molar-refractivity contribution >= 4 is 11.7 Å². The van der Waals surface area contributed by atoms with Gasteiger partial charge in [0.25, 0.3) is 5.91 Å². The molecule has 0 atom stereocenters. The number of hydrogen-bond donors (Lipinski definition) is 2. The van der Waals surface area contributed by atoms with Crippen LogP contribution in [-0.2, 0) is 6.54 Å². The van der Waals surface area contributed by atoms with Gasteiger partial charge >= 0.3 is 0 Å². The summed E-state index contributed by atoms with van der Waals surface area (Å²) in [5.41, 5.74) is 1.27. The van der Waals surface area contributed by atoms with Gasteiger partial charge in [0, 0.05) is 19.2 Å². The van der Waals surface area contributed by atoms with Gasteiger partial charge in [-0.25, -0.2) is 14.4 Å². The number of aryl methyl sites for hydroxylation is 1. The van der Waals surface area contributed by atoms with E-state index in [2.05, 4.69) is 27.5 Å². The highest BCUT2D eigenvalue weighted by Gasteiger charge is 2.10. The summed E-state index contributed by atoms with van der Waals surface area (Å²) in [6.07, 6.45) is 1.96. The van der Waals surface area contributed by atoms with Gasteiger partial charge < -0.3 is 10.6 Å². The Morgan fingerprint density at radius 1 is 1.22 bits per heavy atom. The summed E-state index contributed by atoms with van der Waals surface area (Å²) in [5.74, 6) is 0.628. The first-order valence-electron chi connectivity index (χ1n) is 7.70. The number of benzene rings is 1. The van der Waals surface area contributed by atoms with Crippen LogP contribution < -0.4 is 10.6 Å². The fourth-order valence-electron chi connectivity index (χ4n) is 2.04. The number of carbonyl (C=O) groups is 1. The van der Waals surface area contributed by atoms with Crippen molar-refractivity contribution in [1.29, 1.82) is 0 Å². The van der Waals surface area contributed by atoms with Crippen LogP contribution in [0.1, 0.15) is 41.6 Å². The average Bonchev–Trinajstić information content (AvgIpc) is 2.54. The van der Waals surface area contributed by atoms with Crippen molar-refractivity contribution in [2.45, 2.75) is 33.2 Å². The zero-order valence-corrected chi connectivity index (χ0v) is 13.4. The number of nitrogens with zero attached hydrogens (tertiary/aromatic N) is 2. The fourth-order valence-corrected chi connectivity index (χ4v) is 2.04. The molecule has 5 nitrogen and oxygen atoms in total. The Morgan fingerprint density at radius 3 is 2.65 bits per heavy atom. The molecule has 0 saturated carbocycles. The van der Waals surface area contributed by atoms with Gasteiger partial charge in [0.15, 0.2) is 0 Å². The monoisotopic (exact) mass is 316 g/mol. The van der Waals surface area contributed by atoms with Crippen molar-refractivity contribution in [3.8, 4) is 0 Å². The first-order valence-corrected chi connectivity index (χ1v) is 7.70. The topological polar surface area (TPSA) is 66.9 Å². The van der Waals surface area contributed by atoms with E-state index in [4.69, 9.17) is 0 Å². The summed E-state index contributed by atoms with van der Waals surface area (Å²) >= 11 is 0. The van der Waals surface area contributed by atoms with Crippen LogP contribution in [-0.4, -0.2) is 22.4 Å². The third-order valence-electron chi connectivity index (χ3n) is 3.27. The van der Waals surface area contributed by atoms with E-state index in [0.717, 1.165) is 18.4 Å². The Morgan fingerprint density at radius 2 is 1.96 bits per heavy atom. The second kappa shape index (κ2) is 8.22. The Bertz CT molecular complexity index is 658. The molecule has 0 aliphatic heterocycles. The van der Waals surface area contributed by atoms with Gasteiger partial charge in [0.1, 0.15) is 23.2 Å². The molecule has 23 heavy (non-hydrogen) atoms. The van der Waals surface area contributed by atoms with Crippen molar-refractivity contribution in [1.82, 2.24) is 15.3 Å². The predicted octanol–water partition coefficient (Wildman–Crippen LogP) is 3.07. The van der Waals surface area contributed by atoms with Gasteiger partial charge in [-0.3, -0.25) is 4.79 Å². The summed E-state index contributed by atoms with van der Waals surface area (Å²) in [4.78, 5) is 20.5. The summed E-state index contributed by atoms with van der Waals surface area (Å²) in [7, 11) is 0. The maximum Gasteiger partial charge on any atom is 0.270 e. The third-order valence-corrected chi connectivity index (χ3v) is 3.27. The molecule has 0 aliphatic rings. The smallest absolute Gasteiger partial charge is 0.270 e. The second-order valence-electron chi connectivity index (χ2n) is 5.28. The van der Waals surface area contributed by atoms with Crippen molar-refractivity contribution in [2.75, 3.05) is 11.9 Å². The van der Waals surface area contributed by atoms with E-state index >= 15 is 0 Å². The summed E-state index contributed by atoms with van der Waals surface area (Å²) in [6, 6.07) is 7.85. The minimum Gasteiger partial charge on any atom is -0.366 e. The van der Waals surface area contributed by atoms with E-state index in [1.54, 1.807) is 25.1 Å². The lowest BCUT2D eigenvalue weighted by molar-refractivity contribution is 0.0948. The molecule has 0 aliphatic carbocycles. The number of hydrogen-bond acceptors (Lipinski definition) is 4. The van der Waals surface area contributed by atoms with Crippen LogP contribution in [0.25, 0.3) is 0 Å². The molecule has 122 valence electrons. The van der Waals surface area contributed by atoms with Crippen molar-refractivity contribution < 1.29 is 9.18 Å². The summed E-state index contributed by atoms with van der Waals surface area (Å²) < 4.78 is 12.9. The number of halogens is 1. The molecule has 0 radical (unpaired) electrons. The molecule has 0 saturated heterocycles. The molecule has 0 spiro atoms. The molecule has 1 heterocycles. The number of carbonyl (C=O) groups excluding carboxylic acids is 1. The molecular weight excluding hydrogens is 295 g/mol. The van der Waals surface area contributed by atoms with Gasteiger partial charge in [-0.15, -0.1) is 0 Å². The maximum absolute atomic E-state index is 12.9. The molecule has 2 aromatic rings. The van der Waals surface area contributed by atoms with Gasteiger partial charge in [-0.05, 0) is 31.0 Å². The fraction of sp³-hybridized carbons (Fsp3) is 0.353. The molecule has 0 unspecified atom stereocenters. The maximum atomic E-state index is 12.9. The SMILES string of the molecule is CCCCNC(=O)c1cc(NCc2ccc(F)cc2)nc(C)n1. The van der Waals surface area contributed by atoms with Crippen LogP contribution in [0.15, 0.2) is 30.3 Å². The largest absolute Gasteiger partial charge is 0.366 e. The van der Waals surface area contributed by atoms with Crippen LogP contribution in [0, 0.1) is 12.7 Å². The van der Waals surface area contributed by atoms with Crippen LogP contribution in [0.2, 0.25) is 0 Å². The Balaban J connectivity index is 2.01. The molecule has 0 bridgehead atoms. The number of aromatic nitrogens is 2. The van der Waals surface area contributed by atoms with Gasteiger partial charge in [0.2, 0.25) is 0 Å². The molecule has 2 N–H and O–H groups in total. The van der Waals surface area contributed by atoms with Crippen molar-refractivity contribution in [3.05, 3.63) is 53.2 Å². The zero-order valence-electron chi connectivity index (χ0n) is 13.4. The number of nitrogens with one attached hydrogen (secondary N) is 2. The third kappa shape index (κ3) is 5.32. The highest BCUT2D eigenvalue weighted by molar-refractivity contribution is 5.92. The van der Waals surface area contributed by atoms with Gasteiger partial charge in [0.05, 0.1) is 0 Å². The van der Waals surface area contributed by atoms with E-state index in [1.165, 1.54) is 12.1 Å². The molecule has 2 rings (SSSR count). The number of rotatable bonds is 7. The van der Waals surface area contributed by atoms with Gasteiger partial charge in [-0.1, -0.05) is 25.5 Å². The molecule has 0 fully saturated rings.